The second-order valence-electron chi connectivity index (χ2n) is 4.57. The monoisotopic (exact) mass is 212 g/mol. The van der Waals surface area contributed by atoms with Gasteiger partial charge in [0.15, 0.2) is 0 Å². The van der Waals surface area contributed by atoms with E-state index in [2.05, 4.69) is 5.32 Å². The van der Waals surface area contributed by atoms with Gasteiger partial charge in [-0.1, -0.05) is 12.8 Å². The molecule has 86 valence electrons. The average Bonchev–Trinajstić information content (AvgIpc) is 2.74. The molecular formula is C11H20N2O2. The molecule has 1 aliphatic carbocycles. The molecule has 0 bridgehead atoms. The Morgan fingerprint density at radius 1 is 1.20 bits per heavy atom. The summed E-state index contributed by atoms with van der Waals surface area (Å²) >= 11 is 0. The number of nitrogens with one attached hydrogen (secondary N) is 1. The number of amides is 1. The number of hydrogen-bond donors (Lipinski definition) is 2. The smallest absolute Gasteiger partial charge is 0.249 e. The molecule has 4 heteroatoms. The number of rotatable bonds is 2. The summed E-state index contributed by atoms with van der Waals surface area (Å²) in [6.45, 7) is 0.717. The minimum atomic E-state index is -0.223. The van der Waals surface area contributed by atoms with Crippen LogP contribution in [0.25, 0.3) is 0 Å². The van der Waals surface area contributed by atoms with Gasteiger partial charge in [0.05, 0.1) is 0 Å². The lowest BCUT2D eigenvalue weighted by atomic mass is 9.91. The van der Waals surface area contributed by atoms with Crippen molar-refractivity contribution in [1.29, 1.82) is 0 Å². The maximum absolute atomic E-state index is 11.8. The standard InChI is InChI=1S/C11H20N2O2/c12-8-4-1-2-5-9(8)13-11(14)10-6-3-7-15-10/h8-10H,1-7,12H2,(H,13,14)/t8?,9?,10-/m0/s1. The summed E-state index contributed by atoms with van der Waals surface area (Å²) in [4.78, 5) is 11.8. The summed E-state index contributed by atoms with van der Waals surface area (Å²) in [5.74, 6) is 0.0369. The van der Waals surface area contributed by atoms with Crippen LogP contribution < -0.4 is 11.1 Å². The van der Waals surface area contributed by atoms with Crippen LogP contribution in [0.4, 0.5) is 0 Å². The molecule has 0 aromatic carbocycles. The van der Waals surface area contributed by atoms with Crippen LogP contribution in [0.2, 0.25) is 0 Å². The van der Waals surface area contributed by atoms with Crippen LogP contribution in [0.3, 0.4) is 0 Å². The molecule has 2 rings (SSSR count). The third kappa shape index (κ3) is 2.69. The van der Waals surface area contributed by atoms with Gasteiger partial charge in [-0.3, -0.25) is 4.79 Å². The van der Waals surface area contributed by atoms with E-state index in [1.54, 1.807) is 0 Å². The largest absolute Gasteiger partial charge is 0.368 e. The molecule has 1 saturated heterocycles. The van der Waals surface area contributed by atoms with Gasteiger partial charge in [0.25, 0.3) is 0 Å². The summed E-state index contributed by atoms with van der Waals surface area (Å²) in [7, 11) is 0. The molecule has 0 spiro atoms. The van der Waals surface area contributed by atoms with Gasteiger partial charge >= 0.3 is 0 Å². The highest BCUT2D eigenvalue weighted by Gasteiger charge is 2.28. The van der Waals surface area contributed by atoms with Crippen LogP contribution in [0, 0.1) is 0 Å². The van der Waals surface area contributed by atoms with Gasteiger partial charge in [0.2, 0.25) is 5.91 Å². The highest BCUT2D eigenvalue weighted by atomic mass is 16.5. The Balaban J connectivity index is 1.81. The topological polar surface area (TPSA) is 64.3 Å². The van der Waals surface area contributed by atoms with Gasteiger partial charge in [-0.2, -0.15) is 0 Å². The van der Waals surface area contributed by atoms with E-state index < -0.39 is 0 Å². The molecule has 15 heavy (non-hydrogen) atoms. The van der Waals surface area contributed by atoms with Crippen molar-refractivity contribution in [1.82, 2.24) is 5.32 Å². The van der Waals surface area contributed by atoms with E-state index in [4.69, 9.17) is 10.5 Å². The number of carbonyl (C=O) groups is 1. The second kappa shape index (κ2) is 4.94. The van der Waals surface area contributed by atoms with Crippen LogP contribution >= 0.6 is 0 Å². The van der Waals surface area contributed by atoms with Crippen molar-refractivity contribution >= 4 is 5.91 Å². The molecule has 1 aliphatic heterocycles. The van der Waals surface area contributed by atoms with E-state index in [0.717, 1.165) is 32.3 Å². The number of carbonyl (C=O) groups excluding carboxylic acids is 1. The highest BCUT2D eigenvalue weighted by molar-refractivity contribution is 5.81. The summed E-state index contributed by atoms with van der Waals surface area (Å²) in [6, 6.07) is 0.291. The van der Waals surface area contributed by atoms with Crippen molar-refractivity contribution in [2.24, 2.45) is 5.73 Å². The maximum Gasteiger partial charge on any atom is 0.249 e. The predicted octanol–water partition coefficient (Wildman–Crippen LogP) is 0.551. The predicted molar refractivity (Wildman–Crippen MR) is 57.3 cm³/mol. The Morgan fingerprint density at radius 2 is 2.00 bits per heavy atom. The first-order valence-corrected chi connectivity index (χ1v) is 5.95. The van der Waals surface area contributed by atoms with Gasteiger partial charge in [0, 0.05) is 18.7 Å². The summed E-state index contributed by atoms with van der Waals surface area (Å²) in [5, 5.41) is 3.02. The minimum absolute atomic E-state index is 0.0369. The molecule has 1 amide bonds. The molecule has 0 radical (unpaired) electrons. The molecular weight excluding hydrogens is 192 g/mol. The molecule has 1 saturated carbocycles. The molecule has 0 aromatic rings. The molecule has 4 nitrogen and oxygen atoms in total. The van der Waals surface area contributed by atoms with E-state index in [9.17, 15) is 4.79 Å². The average molecular weight is 212 g/mol. The van der Waals surface area contributed by atoms with Gasteiger partial charge < -0.3 is 15.8 Å². The third-order valence-electron chi connectivity index (χ3n) is 3.37. The lowest BCUT2D eigenvalue weighted by molar-refractivity contribution is -0.131. The Hall–Kier alpha value is -0.610. The van der Waals surface area contributed by atoms with Gasteiger partial charge in [-0.15, -0.1) is 0 Å². The van der Waals surface area contributed by atoms with Crippen molar-refractivity contribution < 1.29 is 9.53 Å². The van der Waals surface area contributed by atoms with Crippen molar-refractivity contribution in [2.75, 3.05) is 6.61 Å². The molecule has 1 heterocycles. The summed E-state index contributed by atoms with van der Waals surface area (Å²) in [5.41, 5.74) is 5.97. The Kier molecular flexibility index (Phi) is 3.59. The summed E-state index contributed by atoms with van der Waals surface area (Å²) in [6.07, 6.45) is 6.02. The van der Waals surface area contributed by atoms with Crippen LogP contribution in [-0.2, 0) is 9.53 Å². The zero-order chi connectivity index (χ0) is 10.7. The molecule has 0 aromatic heterocycles. The van der Waals surface area contributed by atoms with E-state index >= 15 is 0 Å². The molecule has 2 fully saturated rings. The van der Waals surface area contributed by atoms with Crippen molar-refractivity contribution in [3.63, 3.8) is 0 Å². The molecule has 2 aliphatic rings. The molecule has 3 N–H and O–H groups in total. The van der Waals surface area contributed by atoms with Crippen LogP contribution in [0.5, 0.6) is 0 Å². The van der Waals surface area contributed by atoms with E-state index in [0.29, 0.717) is 0 Å². The zero-order valence-corrected chi connectivity index (χ0v) is 9.08. The van der Waals surface area contributed by atoms with Crippen molar-refractivity contribution in [3.05, 3.63) is 0 Å². The van der Waals surface area contributed by atoms with Crippen molar-refractivity contribution in [3.8, 4) is 0 Å². The second-order valence-corrected chi connectivity index (χ2v) is 4.57. The van der Waals surface area contributed by atoms with E-state index in [-0.39, 0.29) is 24.1 Å². The van der Waals surface area contributed by atoms with Crippen LogP contribution in [0.15, 0.2) is 0 Å². The minimum Gasteiger partial charge on any atom is -0.368 e. The van der Waals surface area contributed by atoms with Gasteiger partial charge in [0.1, 0.15) is 6.10 Å². The fraction of sp³-hybridized carbons (Fsp3) is 0.909. The lowest BCUT2D eigenvalue weighted by Crippen LogP contribution is -2.51. The number of hydrogen-bond acceptors (Lipinski definition) is 3. The highest BCUT2D eigenvalue weighted by Crippen LogP contribution is 2.18. The third-order valence-corrected chi connectivity index (χ3v) is 3.37. The fourth-order valence-electron chi connectivity index (χ4n) is 2.40. The Morgan fingerprint density at radius 3 is 2.67 bits per heavy atom. The first-order valence-electron chi connectivity index (χ1n) is 5.95. The van der Waals surface area contributed by atoms with Crippen LogP contribution in [0.1, 0.15) is 38.5 Å². The van der Waals surface area contributed by atoms with E-state index in [1.807, 2.05) is 0 Å². The maximum atomic E-state index is 11.8. The number of nitrogens with two attached hydrogens (primary N) is 1. The first kappa shape index (κ1) is 10.9. The number of ether oxygens (including phenoxy) is 1. The van der Waals surface area contributed by atoms with Crippen molar-refractivity contribution in [2.45, 2.75) is 56.7 Å². The van der Waals surface area contributed by atoms with Gasteiger partial charge in [-0.25, -0.2) is 0 Å². The van der Waals surface area contributed by atoms with Gasteiger partial charge in [-0.05, 0) is 25.7 Å². The quantitative estimate of drug-likeness (QED) is 0.702. The SMILES string of the molecule is NC1CCCCC1NC(=O)[C@@H]1CCCO1. The molecule has 3 atom stereocenters. The Labute approximate surface area is 90.5 Å². The summed E-state index contributed by atoms with van der Waals surface area (Å²) < 4.78 is 5.34. The molecule has 2 unspecified atom stereocenters. The van der Waals surface area contributed by atoms with Crippen LogP contribution in [-0.4, -0.2) is 30.7 Å². The Bertz CT molecular complexity index is 227. The normalized spacial score (nSPS) is 36.5. The lowest BCUT2D eigenvalue weighted by Gasteiger charge is -2.30. The fourth-order valence-corrected chi connectivity index (χ4v) is 2.40. The van der Waals surface area contributed by atoms with E-state index in [1.165, 1.54) is 12.8 Å². The zero-order valence-electron chi connectivity index (χ0n) is 9.08. The first-order chi connectivity index (χ1) is 7.27.